The Labute approximate surface area is 91.3 Å². The summed E-state index contributed by atoms with van der Waals surface area (Å²) in [6.07, 6.45) is 3.05. The highest BCUT2D eigenvalue weighted by molar-refractivity contribution is 5.41. The molecule has 0 amide bonds. The molecule has 3 nitrogen and oxygen atoms in total. The molecule has 1 aromatic heterocycles. The van der Waals surface area contributed by atoms with Crippen molar-refractivity contribution in [1.29, 1.82) is 0 Å². The third kappa shape index (κ3) is 2.29. The summed E-state index contributed by atoms with van der Waals surface area (Å²) in [6, 6.07) is 4.58. The fourth-order valence-electron chi connectivity index (χ4n) is 1.92. The Morgan fingerprint density at radius 2 is 2.27 bits per heavy atom. The molecule has 0 radical (unpaired) electrons. The van der Waals surface area contributed by atoms with Crippen LogP contribution >= 0.6 is 0 Å². The molecule has 1 aromatic rings. The van der Waals surface area contributed by atoms with Crippen LogP contribution in [0.2, 0.25) is 0 Å². The molecule has 15 heavy (non-hydrogen) atoms. The molecule has 0 aliphatic carbocycles. The van der Waals surface area contributed by atoms with Crippen molar-refractivity contribution in [1.82, 2.24) is 4.98 Å². The SMILES string of the molecule is CC(C)c1ccc(N2CCC(N)C2)nc1. The van der Waals surface area contributed by atoms with Gasteiger partial charge in [0.15, 0.2) is 0 Å². The molecule has 2 N–H and O–H groups in total. The van der Waals surface area contributed by atoms with Gasteiger partial charge in [0.1, 0.15) is 5.82 Å². The van der Waals surface area contributed by atoms with E-state index in [1.54, 1.807) is 0 Å². The van der Waals surface area contributed by atoms with E-state index in [9.17, 15) is 0 Å². The summed E-state index contributed by atoms with van der Waals surface area (Å²) in [7, 11) is 0. The van der Waals surface area contributed by atoms with Gasteiger partial charge >= 0.3 is 0 Å². The van der Waals surface area contributed by atoms with Gasteiger partial charge in [0.2, 0.25) is 0 Å². The number of rotatable bonds is 2. The Bertz CT molecular complexity index is 318. The van der Waals surface area contributed by atoms with Crippen molar-refractivity contribution in [3.05, 3.63) is 23.9 Å². The zero-order valence-corrected chi connectivity index (χ0v) is 9.48. The van der Waals surface area contributed by atoms with E-state index in [0.717, 1.165) is 25.3 Å². The number of nitrogens with two attached hydrogens (primary N) is 1. The first kappa shape index (κ1) is 10.4. The van der Waals surface area contributed by atoms with E-state index in [1.807, 2.05) is 6.20 Å². The number of anilines is 1. The van der Waals surface area contributed by atoms with Crippen LogP contribution in [0.15, 0.2) is 18.3 Å². The number of aromatic nitrogens is 1. The first-order valence-corrected chi connectivity index (χ1v) is 5.63. The van der Waals surface area contributed by atoms with Crippen molar-refractivity contribution in [2.24, 2.45) is 5.73 Å². The Morgan fingerprint density at radius 3 is 2.73 bits per heavy atom. The van der Waals surface area contributed by atoms with Crippen molar-refractivity contribution >= 4 is 5.82 Å². The maximum absolute atomic E-state index is 5.87. The third-order valence-electron chi connectivity index (χ3n) is 2.99. The van der Waals surface area contributed by atoms with E-state index in [4.69, 9.17) is 5.73 Å². The molecule has 1 saturated heterocycles. The van der Waals surface area contributed by atoms with Crippen LogP contribution in [0.3, 0.4) is 0 Å². The second kappa shape index (κ2) is 4.19. The molecule has 0 saturated carbocycles. The lowest BCUT2D eigenvalue weighted by Gasteiger charge is -2.17. The fraction of sp³-hybridized carbons (Fsp3) is 0.583. The molecule has 82 valence electrons. The summed E-state index contributed by atoms with van der Waals surface area (Å²) < 4.78 is 0. The molecule has 0 aromatic carbocycles. The van der Waals surface area contributed by atoms with Crippen molar-refractivity contribution < 1.29 is 0 Å². The van der Waals surface area contributed by atoms with Crippen LogP contribution in [0.1, 0.15) is 31.7 Å². The number of hydrogen-bond acceptors (Lipinski definition) is 3. The van der Waals surface area contributed by atoms with E-state index in [0.29, 0.717) is 12.0 Å². The van der Waals surface area contributed by atoms with E-state index in [-0.39, 0.29) is 0 Å². The molecule has 2 heterocycles. The summed E-state index contributed by atoms with van der Waals surface area (Å²) >= 11 is 0. The van der Waals surface area contributed by atoms with Crippen LogP contribution in [-0.2, 0) is 0 Å². The van der Waals surface area contributed by atoms with E-state index in [2.05, 4.69) is 35.9 Å². The van der Waals surface area contributed by atoms with Crippen molar-refractivity contribution in [3.8, 4) is 0 Å². The number of nitrogens with zero attached hydrogens (tertiary/aromatic N) is 2. The first-order chi connectivity index (χ1) is 7.16. The van der Waals surface area contributed by atoms with E-state index >= 15 is 0 Å². The summed E-state index contributed by atoms with van der Waals surface area (Å²) in [5.41, 5.74) is 7.16. The summed E-state index contributed by atoms with van der Waals surface area (Å²) in [4.78, 5) is 6.75. The molecule has 1 aliphatic rings. The minimum Gasteiger partial charge on any atom is -0.355 e. The molecular weight excluding hydrogens is 186 g/mol. The molecule has 1 atom stereocenters. The van der Waals surface area contributed by atoms with Crippen LogP contribution in [0.5, 0.6) is 0 Å². The average molecular weight is 205 g/mol. The highest BCUT2D eigenvalue weighted by Crippen LogP contribution is 2.20. The monoisotopic (exact) mass is 205 g/mol. The smallest absolute Gasteiger partial charge is 0.128 e. The third-order valence-corrected chi connectivity index (χ3v) is 2.99. The molecule has 3 heteroatoms. The Balaban J connectivity index is 2.10. The highest BCUT2D eigenvalue weighted by atomic mass is 15.2. The Morgan fingerprint density at radius 1 is 1.47 bits per heavy atom. The van der Waals surface area contributed by atoms with Gasteiger partial charge < -0.3 is 10.6 Å². The van der Waals surface area contributed by atoms with Crippen LogP contribution < -0.4 is 10.6 Å². The lowest BCUT2D eigenvalue weighted by atomic mass is 10.1. The van der Waals surface area contributed by atoms with Gasteiger partial charge in [-0.25, -0.2) is 4.98 Å². The van der Waals surface area contributed by atoms with E-state index < -0.39 is 0 Å². The quantitative estimate of drug-likeness (QED) is 0.799. The van der Waals surface area contributed by atoms with Gasteiger partial charge in [-0.15, -0.1) is 0 Å². The molecule has 1 aliphatic heterocycles. The van der Waals surface area contributed by atoms with Crippen LogP contribution in [-0.4, -0.2) is 24.1 Å². The largest absolute Gasteiger partial charge is 0.355 e. The summed E-state index contributed by atoms with van der Waals surface area (Å²) in [6.45, 7) is 6.34. The normalized spacial score (nSPS) is 21.3. The fourth-order valence-corrected chi connectivity index (χ4v) is 1.92. The maximum atomic E-state index is 5.87. The van der Waals surface area contributed by atoms with Gasteiger partial charge in [-0.1, -0.05) is 19.9 Å². The standard InChI is InChI=1S/C12H19N3/c1-9(2)10-3-4-12(14-7-10)15-6-5-11(13)8-15/h3-4,7,9,11H,5-6,8,13H2,1-2H3. The van der Waals surface area contributed by atoms with Crippen LogP contribution in [0.4, 0.5) is 5.82 Å². The number of pyridine rings is 1. The molecule has 2 rings (SSSR count). The maximum Gasteiger partial charge on any atom is 0.128 e. The van der Waals surface area contributed by atoms with Crippen LogP contribution in [0, 0.1) is 0 Å². The lowest BCUT2D eigenvalue weighted by Crippen LogP contribution is -2.26. The van der Waals surface area contributed by atoms with Gasteiger partial charge in [0, 0.05) is 25.3 Å². The summed E-state index contributed by atoms with van der Waals surface area (Å²) in [5, 5.41) is 0. The second-order valence-corrected chi connectivity index (χ2v) is 4.60. The van der Waals surface area contributed by atoms with Gasteiger partial charge in [0.05, 0.1) is 0 Å². The predicted octanol–water partition coefficient (Wildman–Crippen LogP) is 1.74. The minimum atomic E-state index is 0.316. The molecule has 0 spiro atoms. The predicted molar refractivity (Wildman–Crippen MR) is 63.1 cm³/mol. The zero-order valence-electron chi connectivity index (χ0n) is 9.48. The van der Waals surface area contributed by atoms with Crippen molar-refractivity contribution in [3.63, 3.8) is 0 Å². The minimum absolute atomic E-state index is 0.316. The number of hydrogen-bond donors (Lipinski definition) is 1. The van der Waals surface area contributed by atoms with Crippen LogP contribution in [0.25, 0.3) is 0 Å². The van der Waals surface area contributed by atoms with Gasteiger partial charge in [-0.3, -0.25) is 0 Å². The zero-order chi connectivity index (χ0) is 10.8. The average Bonchev–Trinajstić information content (AvgIpc) is 2.65. The van der Waals surface area contributed by atoms with E-state index in [1.165, 1.54) is 5.56 Å². The van der Waals surface area contributed by atoms with Gasteiger partial charge in [0.25, 0.3) is 0 Å². The molecule has 1 fully saturated rings. The lowest BCUT2D eigenvalue weighted by molar-refractivity contribution is 0.751. The second-order valence-electron chi connectivity index (χ2n) is 4.60. The topological polar surface area (TPSA) is 42.1 Å². The Hall–Kier alpha value is -1.09. The Kier molecular flexibility index (Phi) is 2.91. The summed E-state index contributed by atoms with van der Waals surface area (Å²) in [5.74, 6) is 1.61. The molecule has 1 unspecified atom stereocenters. The van der Waals surface area contributed by atoms with Crippen molar-refractivity contribution in [2.45, 2.75) is 32.2 Å². The molecular formula is C12H19N3. The molecule has 0 bridgehead atoms. The van der Waals surface area contributed by atoms with Gasteiger partial charge in [-0.2, -0.15) is 0 Å². The first-order valence-electron chi connectivity index (χ1n) is 5.63. The van der Waals surface area contributed by atoms with Gasteiger partial charge in [-0.05, 0) is 24.0 Å². The highest BCUT2D eigenvalue weighted by Gasteiger charge is 2.19. The van der Waals surface area contributed by atoms with Crippen molar-refractivity contribution in [2.75, 3.05) is 18.0 Å².